The van der Waals surface area contributed by atoms with E-state index in [1.807, 2.05) is 19.1 Å². The van der Waals surface area contributed by atoms with Crippen molar-refractivity contribution in [3.8, 4) is 11.5 Å². The first-order chi connectivity index (χ1) is 17.8. The van der Waals surface area contributed by atoms with Gasteiger partial charge >= 0.3 is 0 Å². The first kappa shape index (κ1) is 23.2. The fourth-order valence-corrected chi connectivity index (χ4v) is 5.49. The molecule has 3 aliphatic rings. The minimum Gasteiger partial charge on any atom is -0.502 e. The molecule has 0 unspecified atom stereocenters. The zero-order chi connectivity index (χ0) is 25.9. The van der Waals surface area contributed by atoms with Gasteiger partial charge in [-0.3, -0.25) is 24.3 Å². The van der Waals surface area contributed by atoms with Crippen molar-refractivity contribution in [2.45, 2.75) is 37.8 Å². The van der Waals surface area contributed by atoms with Crippen LogP contribution in [0.1, 0.15) is 52.6 Å². The molecule has 190 valence electrons. The highest BCUT2D eigenvalue weighted by Crippen LogP contribution is 2.45. The molecule has 10 heteroatoms. The molecule has 1 spiro atoms. The van der Waals surface area contributed by atoms with Gasteiger partial charge in [0.05, 0.1) is 11.2 Å². The van der Waals surface area contributed by atoms with Gasteiger partial charge in [0, 0.05) is 24.0 Å². The molecule has 1 N–H and O–H groups in total. The highest BCUT2D eigenvalue weighted by molar-refractivity contribution is 5.97. The minimum atomic E-state index is -1.13. The molecule has 2 aliphatic heterocycles. The number of carbonyl (C=O) groups excluding carboxylic acids is 1. The van der Waals surface area contributed by atoms with E-state index in [0.29, 0.717) is 18.5 Å². The molecular weight excluding hydrogens is 482 g/mol. The third kappa shape index (κ3) is 3.42. The van der Waals surface area contributed by atoms with E-state index in [1.54, 1.807) is 28.2 Å². The maximum absolute atomic E-state index is 15.2. The van der Waals surface area contributed by atoms with Gasteiger partial charge in [-0.25, -0.2) is 4.39 Å². The van der Waals surface area contributed by atoms with Gasteiger partial charge in [0.2, 0.25) is 11.2 Å². The lowest BCUT2D eigenvalue weighted by Crippen LogP contribution is -2.64. The summed E-state index contributed by atoms with van der Waals surface area (Å²) >= 11 is 0. The van der Waals surface area contributed by atoms with E-state index < -0.39 is 40.3 Å². The summed E-state index contributed by atoms with van der Waals surface area (Å²) in [4.78, 5) is 32.4. The molecule has 0 radical (unpaired) electrons. The van der Waals surface area contributed by atoms with Crippen molar-refractivity contribution in [3.63, 3.8) is 0 Å². The Labute approximate surface area is 211 Å². The van der Waals surface area contributed by atoms with Crippen molar-refractivity contribution in [2.24, 2.45) is 0 Å². The first-order valence-corrected chi connectivity index (χ1v) is 12.1. The molecule has 4 heterocycles. The van der Waals surface area contributed by atoms with Crippen LogP contribution in [0.25, 0.3) is 0 Å². The van der Waals surface area contributed by atoms with Crippen LogP contribution in [0.3, 0.4) is 0 Å². The number of fused-ring (bicyclic) bond motifs is 6. The molecule has 1 aromatic carbocycles. The summed E-state index contributed by atoms with van der Waals surface area (Å²) in [5.41, 5.74) is 0.0213. The number of hydrogen-bond acceptors (Lipinski definition) is 6. The van der Waals surface area contributed by atoms with Gasteiger partial charge in [-0.1, -0.05) is 12.1 Å². The summed E-state index contributed by atoms with van der Waals surface area (Å²) in [5.74, 6) is -3.61. The summed E-state index contributed by atoms with van der Waals surface area (Å²) in [5, 5.41) is 12.5. The fraction of sp³-hybridized carbons (Fsp3) is 0.296. The van der Waals surface area contributed by atoms with Gasteiger partial charge in [-0.05, 0) is 56.0 Å². The molecule has 3 aromatic rings. The number of ether oxygens (including phenoxy) is 1. The standard InChI is InChI=1S/C27H24F2N4O4/c1-16-5-2-12-30-21(16)22-17-6-7-18(28)20(29)25(17)37-14-4-11-27(9-3-10-27)31-15-33(22)32-13-8-19(34)24(35)23(32)26(31)36/h2,4-8,11-13,22,35H,3,9-10,14-15H2,1H3/b11-4-/t22-/m0/s1. The average molecular weight is 507 g/mol. The zero-order valence-electron chi connectivity index (χ0n) is 20.0. The van der Waals surface area contributed by atoms with Crippen molar-refractivity contribution < 1.29 is 23.4 Å². The highest BCUT2D eigenvalue weighted by Gasteiger charge is 2.49. The predicted octanol–water partition coefficient (Wildman–Crippen LogP) is 3.55. The van der Waals surface area contributed by atoms with Crippen molar-refractivity contribution >= 4 is 5.91 Å². The summed E-state index contributed by atoms with van der Waals surface area (Å²) in [7, 11) is 0. The molecule has 1 atom stereocenters. The van der Waals surface area contributed by atoms with Gasteiger partial charge < -0.3 is 14.7 Å². The molecule has 1 fully saturated rings. The lowest BCUT2D eigenvalue weighted by Gasteiger charge is -2.53. The first-order valence-electron chi connectivity index (χ1n) is 12.1. The average Bonchev–Trinajstić information content (AvgIpc) is 2.88. The molecule has 1 amide bonds. The maximum Gasteiger partial charge on any atom is 0.278 e. The maximum atomic E-state index is 15.2. The molecule has 2 aromatic heterocycles. The second-order valence-corrected chi connectivity index (χ2v) is 9.59. The number of benzene rings is 1. The van der Waals surface area contributed by atoms with Crippen molar-refractivity contribution in [3.05, 3.63) is 99.3 Å². The Morgan fingerprint density at radius 2 is 1.97 bits per heavy atom. The van der Waals surface area contributed by atoms with Crippen LogP contribution in [0.4, 0.5) is 8.78 Å². The monoisotopic (exact) mass is 506 g/mol. The van der Waals surface area contributed by atoms with Crippen molar-refractivity contribution in [2.75, 3.05) is 18.3 Å². The summed E-state index contributed by atoms with van der Waals surface area (Å²) < 4.78 is 36.9. The van der Waals surface area contributed by atoms with E-state index in [0.717, 1.165) is 24.1 Å². The number of aromatic hydroxyl groups is 1. The number of aromatic nitrogens is 2. The summed E-state index contributed by atoms with van der Waals surface area (Å²) in [6.45, 7) is 1.85. The number of pyridine rings is 2. The van der Waals surface area contributed by atoms with Gasteiger partial charge in [-0.15, -0.1) is 0 Å². The highest BCUT2D eigenvalue weighted by atomic mass is 19.2. The number of carbonyl (C=O) groups is 1. The van der Waals surface area contributed by atoms with Crippen LogP contribution in [-0.2, 0) is 0 Å². The lowest BCUT2D eigenvalue weighted by molar-refractivity contribution is 0.0255. The summed E-state index contributed by atoms with van der Waals surface area (Å²) in [6, 6.07) is 6.38. The molecule has 2 bridgehead atoms. The van der Waals surface area contributed by atoms with Crippen molar-refractivity contribution in [1.29, 1.82) is 0 Å². The molecule has 37 heavy (non-hydrogen) atoms. The van der Waals surface area contributed by atoms with E-state index in [-0.39, 0.29) is 30.3 Å². The second-order valence-electron chi connectivity index (χ2n) is 9.59. The number of aryl methyl sites for hydroxylation is 1. The van der Waals surface area contributed by atoms with Gasteiger partial charge in [0.15, 0.2) is 23.0 Å². The second kappa shape index (κ2) is 8.43. The van der Waals surface area contributed by atoms with Crippen LogP contribution in [-0.4, -0.2) is 44.4 Å². The minimum absolute atomic E-state index is 0.0393. The number of halogens is 2. The summed E-state index contributed by atoms with van der Waals surface area (Å²) in [6.07, 6.45) is 8.77. The van der Waals surface area contributed by atoms with Crippen LogP contribution >= 0.6 is 0 Å². The third-order valence-electron chi connectivity index (χ3n) is 7.56. The predicted molar refractivity (Wildman–Crippen MR) is 130 cm³/mol. The van der Waals surface area contributed by atoms with Crippen LogP contribution in [0.2, 0.25) is 0 Å². The Hall–Kier alpha value is -4.21. The van der Waals surface area contributed by atoms with Crippen LogP contribution in [0.15, 0.2) is 59.7 Å². The quantitative estimate of drug-likeness (QED) is 0.508. The number of nitrogens with zero attached hydrogens (tertiary/aromatic N) is 4. The van der Waals surface area contributed by atoms with Gasteiger partial charge in [0.1, 0.15) is 19.3 Å². The topological polar surface area (TPSA) is 87.9 Å². The normalized spacial score (nSPS) is 20.8. The third-order valence-corrected chi connectivity index (χ3v) is 7.56. The smallest absolute Gasteiger partial charge is 0.278 e. The zero-order valence-corrected chi connectivity index (χ0v) is 20.0. The Kier molecular flexibility index (Phi) is 5.29. The SMILES string of the molecule is Cc1cccnc1[C@@H]1c2ccc(F)c(F)c2OC/C=C\C2(CCC2)N2CN1n1ccc(=O)c(O)c1C2=O. The Morgan fingerprint density at radius 1 is 1.16 bits per heavy atom. The molecular formula is C27H24F2N4O4. The van der Waals surface area contributed by atoms with Crippen molar-refractivity contribution in [1.82, 2.24) is 14.6 Å². The van der Waals surface area contributed by atoms with E-state index in [1.165, 1.54) is 16.9 Å². The van der Waals surface area contributed by atoms with E-state index in [2.05, 4.69) is 4.98 Å². The van der Waals surface area contributed by atoms with E-state index >= 15 is 4.39 Å². The fourth-order valence-electron chi connectivity index (χ4n) is 5.49. The molecule has 0 saturated heterocycles. The van der Waals surface area contributed by atoms with Gasteiger partial charge in [-0.2, -0.15) is 4.39 Å². The molecule has 1 aliphatic carbocycles. The Balaban J connectivity index is 1.69. The van der Waals surface area contributed by atoms with Crippen LogP contribution < -0.4 is 15.2 Å². The van der Waals surface area contributed by atoms with Crippen LogP contribution in [0.5, 0.6) is 11.5 Å². The van der Waals surface area contributed by atoms with E-state index in [4.69, 9.17) is 4.74 Å². The number of hydrogen-bond donors (Lipinski definition) is 1. The van der Waals surface area contributed by atoms with Crippen LogP contribution in [0, 0.1) is 18.6 Å². The molecule has 8 nitrogen and oxygen atoms in total. The largest absolute Gasteiger partial charge is 0.502 e. The number of amides is 1. The lowest BCUT2D eigenvalue weighted by atomic mass is 9.74. The molecule has 1 saturated carbocycles. The van der Waals surface area contributed by atoms with Gasteiger partial charge in [0.25, 0.3) is 5.91 Å². The van der Waals surface area contributed by atoms with E-state index in [9.17, 15) is 19.1 Å². The number of rotatable bonds is 1. The Morgan fingerprint density at radius 3 is 2.70 bits per heavy atom. The Bertz CT molecular complexity index is 1510. The molecule has 6 rings (SSSR count).